The van der Waals surface area contributed by atoms with Gasteiger partial charge in [0.15, 0.2) is 0 Å². The SMILES string of the molecule is C#CC(C)(O)CCCO. The molecule has 0 saturated heterocycles. The lowest BCUT2D eigenvalue weighted by atomic mass is 10.0. The van der Waals surface area contributed by atoms with Crippen LogP contribution >= 0.6 is 0 Å². The molecule has 52 valence electrons. The maximum Gasteiger partial charge on any atom is 0.122 e. The Morgan fingerprint density at radius 3 is 2.56 bits per heavy atom. The van der Waals surface area contributed by atoms with Crippen LogP contribution in [0.5, 0.6) is 0 Å². The fraction of sp³-hybridized carbons (Fsp3) is 0.714. The van der Waals surface area contributed by atoms with E-state index in [1.54, 1.807) is 6.92 Å². The van der Waals surface area contributed by atoms with Crippen LogP contribution in [0.15, 0.2) is 0 Å². The highest BCUT2D eigenvalue weighted by atomic mass is 16.3. The molecule has 0 bridgehead atoms. The van der Waals surface area contributed by atoms with Crippen molar-refractivity contribution >= 4 is 0 Å². The summed E-state index contributed by atoms with van der Waals surface area (Å²) in [5.41, 5.74) is -1.04. The lowest BCUT2D eigenvalue weighted by Crippen LogP contribution is -2.21. The van der Waals surface area contributed by atoms with Crippen LogP contribution in [0.25, 0.3) is 0 Å². The van der Waals surface area contributed by atoms with Crippen LogP contribution in [-0.2, 0) is 0 Å². The zero-order chi connectivity index (χ0) is 7.33. The molecule has 0 aliphatic rings. The fourth-order valence-corrected chi connectivity index (χ4v) is 0.495. The Labute approximate surface area is 55.5 Å². The summed E-state index contributed by atoms with van der Waals surface area (Å²) >= 11 is 0. The first-order chi connectivity index (χ1) is 4.12. The highest BCUT2D eigenvalue weighted by Crippen LogP contribution is 2.08. The summed E-state index contributed by atoms with van der Waals surface area (Å²) in [6.45, 7) is 1.64. The van der Waals surface area contributed by atoms with Gasteiger partial charge in [0, 0.05) is 6.61 Å². The van der Waals surface area contributed by atoms with Crippen molar-refractivity contribution < 1.29 is 10.2 Å². The van der Waals surface area contributed by atoms with Gasteiger partial charge in [-0.2, -0.15) is 0 Å². The van der Waals surface area contributed by atoms with Crippen LogP contribution in [0.4, 0.5) is 0 Å². The maximum absolute atomic E-state index is 9.11. The van der Waals surface area contributed by atoms with Crippen LogP contribution in [0.3, 0.4) is 0 Å². The summed E-state index contributed by atoms with van der Waals surface area (Å²) in [6, 6.07) is 0. The van der Waals surface area contributed by atoms with Gasteiger partial charge in [0.1, 0.15) is 5.60 Å². The molecule has 0 spiro atoms. The lowest BCUT2D eigenvalue weighted by Gasteiger charge is -2.13. The number of rotatable bonds is 3. The van der Waals surface area contributed by atoms with Crippen molar-refractivity contribution in [2.45, 2.75) is 25.4 Å². The van der Waals surface area contributed by atoms with Crippen molar-refractivity contribution in [2.24, 2.45) is 0 Å². The molecule has 2 nitrogen and oxygen atoms in total. The van der Waals surface area contributed by atoms with E-state index in [0.29, 0.717) is 12.8 Å². The third-order valence-electron chi connectivity index (χ3n) is 1.13. The molecule has 2 heteroatoms. The van der Waals surface area contributed by atoms with Crippen molar-refractivity contribution in [3.8, 4) is 12.3 Å². The fourth-order valence-electron chi connectivity index (χ4n) is 0.495. The summed E-state index contributed by atoms with van der Waals surface area (Å²) in [4.78, 5) is 0. The molecule has 2 N–H and O–H groups in total. The van der Waals surface area contributed by atoms with Gasteiger partial charge in [0.05, 0.1) is 0 Å². The molecule has 0 saturated carbocycles. The Morgan fingerprint density at radius 2 is 2.22 bits per heavy atom. The average Bonchev–Trinajstić information content (AvgIpc) is 1.84. The number of hydrogen-bond donors (Lipinski definition) is 2. The molecule has 0 aliphatic carbocycles. The van der Waals surface area contributed by atoms with Crippen LogP contribution in [0.1, 0.15) is 19.8 Å². The van der Waals surface area contributed by atoms with Crippen LogP contribution in [0.2, 0.25) is 0 Å². The zero-order valence-corrected chi connectivity index (χ0v) is 5.59. The molecule has 9 heavy (non-hydrogen) atoms. The number of terminal acetylenes is 1. The monoisotopic (exact) mass is 128 g/mol. The van der Waals surface area contributed by atoms with Gasteiger partial charge in [-0.05, 0) is 19.8 Å². The van der Waals surface area contributed by atoms with E-state index < -0.39 is 5.60 Å². The standard InChI is InChI=1S/C7H12O2/c1-3-7(2,9)5-4-6-8/h1,8-9H,4-6H2,2H3. The third kappa shape index (κ3) is 4.01. The van der Waals surface area contributed by atoms with Crippen molar-refractivity contribution in [1.29, 1.82) is 0 Å². The Morgan fingerprint density at radius 1 is 1.67 bits per heavy atom. The van der Waals surface area contributed by atoms with E-state index in [9.17, 15) is 0 Å². The highest BCUT2D eigenvalue weighted by molar-refractivity contribution is 5.03. The first-order valence-electron chi connectivity index (χ1n) is 2.93. The molecule has 0 rings (SSSR count). The summed E-state index contributed by atoms with van der Waals surface area (Å²) in [5, 5.41) is 17.5. The number of aliphatic hydroxyl groups excluding tert-OH is 1. The first-order valence-corrected chi connectivity index (χ1v) is 2.93. The third-order valence-corrected chi connectivity index (χ3v) is 1.13. The summed E-state index contributed by atoms with van der Waals surface area (Å²) < 4.78 is 0. The van der Waals surface area contributed by atoms with Crippen molar-refractivity contribution in [2.75, 3.05) is 6.61 Å². The molecule has 0 aromatic rings. The lowest BCUT2D eigenvalue weighted by molar-refractivity contribution is 0.102. The van der Waals surface area contributed by atoms with E-state index in [2.05, 4.69) is 5.92 Å². The minimum absolute atomic E-state index is 0.0812. The number of hydrogen-bond acceptors (Lipinski definition) is 2. The van der Waals surface area contributed by atoms with Gasteiger partial charge in [-0.15, -0.1) is 6.42 Å². The largest absolute Gasteiger partial charge is 0.396 e. The molecule has 0 aliphatic heterocycles. The van der Waals surface area contributed by atoms with Gasteiger partial charge in [0.2, 0.25) is 0 Å². The van der Waals surface area contributed by atoms with Gasteiger partial charge >= 0.3 is 0 Å². The van der Waals surface area contributed by atoms with Crippen molar-refractivity contribution in [3.05, 3.63) is 0 Å². The van der Waals surface area contributed by atoms with Gasteiger partial charge in [-0.1, -0.05) is 5.92 Å². The molecule has 0 aromatic heterocycles. The normalized spacial score (nSPS) is 16.2. The predicted molar refractivity (Wildman–Crippen MR) is 35.8 cm³/mol. The highest BCUT2D eigenvalue weighted by Gasteiger charge is 2.14. The molecule has 1 unspecified atom stereocenters. The molecule has 1 atom stereocenters. The van der Waals surface area contributed by atoms with Gasteiger partial charge in [-0.25, -0.2) is 0 Å². The second-order valence-corrected chi connectivity index (χ2v) is 2.25. The molecule has 0 heterocycles. The Kier molecular flexibility index (Phi) is 3.29. The zero-order valence-electron chi connectivity index (χ0n) is 5.59. The molecule has 0 aromatic carbocycles. The van der Waals surface area contributed by atoms with E-state index >= 15 is 0 Å². The van der Waals surface area contributed by atoms with E-state index in [0.717, 1.165) is 0 Å². The molecular formula is C7H12O2. The Balaban J connectivity index is 3.49. The molecule has 0 amide bonds. The van der Waals surface area contributed by atoms with Crippen LogP contribution in [0, 0.1) is 12.3 Å². The van der Waals surface area contributed by atoms with E-state index in [1.807, 2.05) is 0 Å². The van der Waals surface area contributed by atoms with Crippen molar-refractivity contribution in [1.82, 2.24) is 0 Å². The number of aliphatic hydroxyl groups is 2. The second-order valence-electron chi connectivity index (χ2n) is 2.25. The van der Waals surface area contributed by atoms with E-state index in [-0.39, 0.29) is 6.61 Å². The minimum Gasteiger partial charge on any atom is -0.396 e. The quantitative estimate of drug-likeness (QED) is 0.531. The first kappa shape index (κ1) is 8.48. The maximum atomic E-state index is 9.11. The van der Waals surface area contributed by atoms with Crippen molar-refractivity contribution in [3.63, 3.8) is 0 Å². The van der Waals surface area contributed by atoms with Gasteiger partial charge in [-0.3, -0.25) is 0 Å². The summed E-state index contributed by atoms with van der Waals surface area (Å²) in [7, 11) is 0. The smallest absolute Gasteiger partial charge is 0.122 e. The average molecular weight is 128 g/mol. The van der Waals surface area contributed by atoms with Gasteiger partial charge < -0.3 is 10.2 Å². The molecular weight excluding hydrogens is 116 g/mol. The Hall–Kier alpha value is -0.520. The van der Waals surface area contributed by atoms with Crippen LogP contribution < -0.4 is 0 Å². The van der Waals surface area contributed by atoms with Crippen LogP contribution in [-0.4, -0.2) is 22.4 Å². The van der Waals surface area contributed by atoms with E-state index in [4.69, 9.17) is 16.6 Å². The molecule has 0 radical (unpaired) electrons. The predicted octanol–water partition coefficient (Wildman–Crippen LogP) is 0.143. The summed E-state index contributed by atoms with van der Waals surface area (Å²) in [5.74, 6) is 2.22. The topological polar surface area (TPSA) is 40.5 Å². The molecule has 0 fully saturated rings. The van der Waals surface area contributed by atoms with E-state index in [1.165, 1.54) is 0 Å². The van der Waals surface area contributed by atoms with Gasteiger partial charge in [0.25, 0.3) is 0 Å². The summed E-state index contributed by atoms with van der Waals surface area (Å²) in [6.07, 6.45) is 5.98. The minimum atomic E-state index is -1.04. The Bertz CT molecular complexity index is 111. The second kappa shape index (κ2) is 3.49.